The maximum atomic E-state index is 14.2. The van der Waals surface area contributed by atoms with Gasteiger partial charge in [-0.3, -0.25) is 4.57 Å². The van der Waals surface area contributed by atoms with Crippen molar-refractivity contribution in [1.29, 1.82) is 0 Å². The second-order valence-electron chi connectivity index (χ2n) is 5.87. The largest absolute Gasteiger partial charge is 0.386 e. The number of hydrogen-bond donors (Lipinski definition) is 3. The monoisotopic (exact) mass is 389 g/mol. The molecule has 0 radical (unpaired) electrons. The third-order valence-corrected chi connectivity index (χ3v) is 4.53. The van der Waals surface area contributed by atoms with Crippen LogP contribution in [0, 0.1) is 18.2 Å². The van der Waals surface area contributed by atoms with Gasteiger partial charge in [-0.05, 0) is 12.1 Å². The van der Waals surface area contributed by atoms with Crippen molar-refractivity contribution in [3.63, 3.8) is 0 Å². The molecule has 0 amide bonds. The highest BCUT2D eigenvalue weighted by molar-refractivity contribution is 6.31. The molecule has 4 atom stereocenters. The number of benzene rings is 1. The van der Waals surface area contributed by atoms with Gasteiger partial charge in [-0.2, -0.15) is 0 Å². The van der Waals surface area contributed by atoms with Crippen molar-refractivity contribution in [3.05, 3.63) is 41.7 Å². The lowest BCUT2D eigenvalue weighted by atomic mass is 10.1. The Balaban J connectivity index is 1.73. The number of ether oxygens (including phenoxy) is 1. The van der Waals surface area contributed by atoms with E-state index >= 15 is 0 Å². The maximum Gasteiger partial charge on any atom is 0.167 e. The van der Waals surface area contributed by atoms with Gasteiger partial charge in [0.25, 0.3) is 0 Å². The van der Waals surface area contributed by atoms with E-state index in [-0.39, 0.29) is 16.5 Å². The molecule has 4 rings (SSSR count). The molecule has 3 aromatic rings. The fourth-order valence-electron chi connectivity index (χ4n) is 2.88. The van der Waals surface area contributed by atoms with E-state index in [4.69, 9.17) is 22.8 Å². The van der Waals surface area contributed by atoms with Gasteiger partial charge in [0.1, 0.15) is 24.6 Å². The van der Waals surface area contributed by atoms with Crippen LogP contribution in [0.3, 0.4) is 0 Å². The Kier molecular flexibility index (Phi) is 4.41. The predicted octanol–water partition coefficient (Wildman–Crippen LogP) is 1.61. The summed E-state index contributed by atoms with van der Waals surface area (Å²) in [6.45, 7) is 0. The lowest BCUT2D eigenvalue weighted by Gasteiger charge is -2.16. The van der Waals surface area contributed by atoms with Crippen LogP contribution in [-0.4, -0.2) is 48.0 Å². The summed E-state index contributed by atoms with van der Waals surface area (Å²) >= 11 is 5.79. The summed E-state index contributed by atoms with van der Waals surface area (Å²) in [6.07, 6.45) is 3.49. The first kappa shape index (κ1) is 17.6. The Labute approximate surface area is 157 Å². The first-order chi connectivity index (χ1) is 13.0. The third-order valence-electron chi connectivity index (χ3n) is 4.24. The van der Waals surface area contributed by atoms with Crippen molar-refractivity contribution in [1.82, 2.24) is 19.5 Å². The molecule has 8 nitrogen and oxygen atoms in total. The quantitative estimate of drug-likeness (QED) is 0.584. The van der Waals surface area contributed by atoms with Crippen LogP contribution in [0.15, 0.2) is 30.9 Å². The molecule has 0 saturated carbocycles. The topological polar surface area (TPSA) is 105 Å². The minimum atomic E-state index is -1.26. The van der Waals surface area contributed by atoms with E-state index in [2.05, 4.69) is 26.2 Å². The zero-order chi connectivity index (χ0) is 19.1. The molecule has 10 heteroatoms. The molecule has 1 fully saturated rings. The number of imidazole rings is 1. The van der Waals surface area contributed by atoms with Crippen LogP contribution in [0.1, 0.15) is 6.23 Å². The average molecular weight is 390 g/mol. The summed E-state index contributed by atoms with van der Waals surface area (Å²) in [5, 5.41) is 23.0. The van der Waals surface area contributed by atoms with Gasteiger partial charge in [0.15, 0.2) is 29.0 Å². The van der Waals surface area contributed by atoms with Crippen molar-refractivity contribution < 1.29 is 19.3 Å². The second kappa shape index (κ2) is 6.75. The summed E-state index contributed by atoms with van der Waals surface area (Å²) in [5.74, 6) is 1.89. The average Bonchev–Trinajstić information content (AvgIpc) is 3.21. The fraction of sp³-hybridized carbons (Fsp3) is 0.235. The Morgan fingerprint density at radius 1 is 1.26 bits per heavy atom. The molecule has 2 aromatic heterocycles. The van der Waals surface area contributed by atoms with Crippen molar-refractivity contribution in [2.24, 2.45) is 0 Å². The third kappa shape index (κ3) is 2.89. The molecule has 27 heavy (non-hydrogen) atoms. The van der Waals surface area contributed by atoms with Crippen LogP contribution in [0.5, 0.6) is 0 Å². The molecular weight excluding hydrogens is 377 g/mol. The van der Waals surface area contributed by atoms with Crippen LogP contribution in [0.2, 0.25) is 5.02 Å². The van der Waals surface area contributed by atoms with Gasteiger partial charge in [-0.15, -0.1) is 6.42 Å². The molecule has 3 heterocycles. The van der Waals surface area contributed by atoms with Crippen molar-refractivity contribution in [2.75, 3.05) is 5.32 Å². The molecule has 0 unspecified atom stereocenters. The molecule has 1 saturated heterocycles. The number of rotatable bonds is 3. The molecule has 3 N–H and O–H groups in total. The zero-order valence-electron chi connectivity index (χ0n) is 13.6. The van der Waals surface area contributed by atoms with Gasteiger partial charge in [-0.25, -0.2) is 19.3 Å². The number of terminal acetylenes is 1. The number of halogens is 2. The first-order valence-corrected chi connectivity index (χ1v) is 8.25. The molecule has 138 valence electrons. The summed E-state index contributed by atoms with van der Waals surface area (Å²) in [7, 11) is 0. The van der Waals surface area contributed by atoms with Gasteiger partial charge in [0.05, 0.1) is 17.0 Å². The number of fused-ring (bicyclic) bond motifs is 1. The van der Waals surface area contributed by atoms with Crippen molar-refractivity contribution >= 4 is 34.3 Å². The van der Waals surface area contributed by atoms with Crippen LogP contribution >= 0.6 is 11.6 Å². The number of aromatic nitrogens is 4. The number of anilines is 2. The molecule has 0 bridgehead atoms. The normalized spacial score (nSPS) is 24.9. The standard InChI is InChI=1S/C17H13ClFN5O3/c1-2-10-13(25)14(26)17(27-10)24-7-22-12-15(20-6-21-16(12)24)23-9-5-3-4-8(18)11(9)19/h1,3-7,10,13-14,17,25-26H,(H,20,21,23)/t10-,13-,14-,17-/m1/s1. The molecule has 0 aliphatic carbocycles. The minimum absolute atomic E-state index is 0.0346. The smallest absolute Gasteiger partial charge is 0.167 e. The van der Waals surface area contributed by atoms with E-state index in [1.165, 1.54) is 29.4 Å². The summed E-state index contributed by atoms with van der Waals surface area (Å²) < 4.78 is 21.1. The molecule has 0 spiro atoms. The molecular formula is C17H13ClFN5O3. The van der Waals surface area contributed by atoms with E-state index in [1.54, 1.807) is 6.07 Å². The Hall–Kier alpha value is -2.77. The van der Waals surface area contributed by atoms with E-state index in [1.807, 2.05) is 0 Å². The van der Waals surface area contributed by atoms with Gasteiger partial charge >= 0.3 is 0 Å². The van der Waals surface area contributed by atoms with Crippen molar-refractivity contribution in [3.8, 4) is 12.3 Å². The van der Waals surface area contributed by atoms with Gasteiger partial charge < -0.3 is 20.3 Å². The van der Waals surface area contributed by atoms with Crippen LogP contribution in [0.4, 0.5) is 15.9 Å². The lowest BCUT2D eigenvalue weighted by Crippen LogP contribution is -2.30. The Morgan fingerprint density at radius 3 is 2.81 bits per heavy atom. The minimum Gasteiger partial charge on any atom is -0.386 e. The second-order valence-corrected chi connectivity index (χ2v) is 6.28. The highest BCUT2D eigenvalue weighted by atomic mass is 35.5. The summed E-state index contributed by atoms with van der Waals surface area (Å²) in [4.78, 5) is 12.4. The first-order valence-electron chi connectivity index (χ1n) is 7.87. The number of aliphatic hydroxyl groups excluding tert-OH is 2. The molecule has 1 aromatic carbocycles. The summed E-state index contributed by atoms with van der Waals surface area (Å²) in [5.41, 5.74) is 0.743. The van der Waals surface area contributed by atoms with Gasteiger partial charge in [0.2, 0.25) is 0 Å². The van der Waals surface area contributed by atoms with E-state index in [0.29, 0.717) is 11.2 Å². The molecule has 1 aliphatic heterocycles. The highest BCUT2D eigenvalue weighted by Gasteiger charge is 2.43. The molecule has 1 aliphatic rings. The van der Waals surface area contributed by atoms with Crippen molar-refractivity contribution in [2.45, 2.75) is 24.5 Å². The summed E-state index contributed by atoms with van der Waals surface area (Å²) in [6, 6.07) is 4.52. The van der Waals surface area contributed by atoms with Crippen LogP contribution in [-0.2, 0) is 4.74 Å². The van der Waals surface area contributed by atoms with Gasteiger partial charge in [0, 0.05) is 0 Å². The zero-order valence-corrected chi connectivity index (χ0v) is 14.4. The highest BCUT2D eigenvalue weighted by Crippen LogP contribution is 2.33. The van der Waals surface area contributed by atoms with E-state index in [9.17, 15) is 14.6 Å². The van der Waals surface area contributed by atoms with E-state index in [0.717, 1.165) is 0 Å². The maximum absolute atomic E-state index is 14.2. The SMILES string of the molecule is C#C[C@H]1O[C@@H](n2cnc3c(Nc4cccc(Cl)c4F)ncnc32)[C@H](O)[C@@H]1O. The van der Waals surface area contributed by atoms with Crippen LogP contribution < -0.4 is 5.32 Å². The van der Waals surface area contributed by atoms with E-state index < -0.39 is 30.4 Å². The Bertz CT molecular complexity index is 1050. The lowest BCUT2D eigenvalue weighted by molar-refractivity contribution is -0.0230. The van der Waals surface area contributed by atoms with Crippen LogP contribution in [0.25, 0.3) is 11.2 Å². The fourth-order valence-corrected chi connectivity index (χ4v) is 3.06. The number of nitrogens with zero attached hydrogens (tertiary/aromatic N) is 4. The number of nitrogens with one attached hydrogen (secondary N) is 1. The van der Waals surface area contributed by atoms with Gasteiger partial charge in [-0.1, -0.05) is 23.6 Å². The predicted molar refractivity (Wildman–Crippen MR) is 94.8 cm³/mol. The Morgan fingerprint density at radius 2 is 2.07 bits per heavy atom. The number of aliphatic hydroxyl groups is 2. The number of hydrogen-bond acceptors (Lipinski definition) is 7.